The van der Waals surface area contributed by atoms with Crippen molar-refractivity contribution >= 4 is 33.7 Å². The number of halogens is 2. The summed E-state index contributed by atoms with van der Waals surface area (Å²) in [6.07, 6.45) is 2.44. The van der Waals surface area contributed by atoms with Crippen molar-refractivity contribution in [3.05, 3.63) is 69.6 Å². The molecule has 0 saturated heterocycles. The highest BCUT2D eigenvalue weighted by Crippen LogP contribution is 2.26. The van der Waals surface area contributed by atoms with Crippen LogP contribution >= 0.6 is 27.7 Å². The Labute approximate surface area is 191 Å². The maximum Gasteiger partial charge on any atom is 0.351 e. The normalized spacial score (nSPS) is 12.0. The highest BCUT2D eigenvalue weighted by atomic mass is 79.9. The van der Waals surface area contributed by atoms with Crippen LogP contribution in [0.2, 0.25) is 0 Å². The largest absolute Gasteiger partial charge is 0.491 e. The van der Waals surface area contributed by atoms with Gasteiger partial charge in [-0.2, -0.15) is 5.10 Å². The molecule has 0 fully saturated rings. The van der Waals surface area contributed by atoms with Gasteiger partial charge in [-0.3, -0.25) is 4.79 Å². The van der Waals surface area contributed by atoms with E-state index in [9.17, 15) is 14.0 Å². The van der Waals surface area contributed by atoms with E-state index in [2.05, 4.69) is 21.0 Å². The first kappa shape index (κ1) is 23.1. The number of aliphatic carboxylic acids is 1. The minimum Gasteiger partial charge on any atom is -0.491 e. The molecule has 1 atom stereocenters. The molecule has 0 amide bonds. The van der Waals surface area contributed by atoms with Gasteiger partial charge in [0.15, 0.2) is 11.6 Å². The van der Waals surface area contributed by atoms with E-state index in [1.54, 1.807) is 25.1 Å². The van der Waals surface area contributed by atoms with Crippen molar-refractivity contribution in [2.45, 2.75) is 30.5 Å². The summed E-state index contributed by atoms with van der Waals surface area (Å²) in [5, 5.41) is 13.0. The number of rotatable bonds is 10. The first-order valence-corrected chi connectivity index (χ1v) is 11.3. The summed E-state index contributed by atoms with van der Waals surface area (Å²) in [6.45, 7) is 1.87. The summed E-state index contributed by atoms with van der Waals surface area (Å²) in [5.74, 6) is -1.47. The van der Waals surface area contributed by atoms with Gasteiger partial charge < -0.3 is 9.84 Å². The summed E-state index contributed by atoms with van der Waals surface area (Å²) in [4.78, 5) is 24.0. The third kappa shape index (κ3) is 6.20. The molecule has 0 aliphatic heterocycles. The third-order valence-electron chi connectivity index (χ3n) is 4.56. The monoisotopic (exact) mass is 509 g/mol. The lowest BCUT2D eigenvalue weighted by Crippen LogP contribution is -2.23. The van der Waals surface area contributed by atoms with Gasteiger partial charge in [0.25, 0.3) is 0 Å². The van der Waals surface area contributed by atoms with Crippen molar-refractivity contribution < 1.29 is 19.0 Å². The van der Waals surface area contributed by atoms with Crippen LogP contribution in [0.4, 0.5) is 4.39 Å². The van der Waals surface area contributed by atoms with Gasteiger partial charge in [-0.15, -0.1) is 11.8 Å². The van der Waals surface area contributed by atoms with E-state index in [0.717, 1.165) is 4.47 Å². The lowest BCUT2D eigenvalue weighted by Gasteiger charge is -2.10. The number of thioether (sulfide) groups is 1. The van der Waals surface area contributed by atoms with Gasteiger partial charge in [0, 0.05) is 9.37 Å². The first-order valence-electron chi connectivity index (χ1n) is 9.53. The second-order valence-corrected chi connectivity index (χ2v) is 8.79. The first-order chi connectivity index (χ1) is 14.8. The van der Waals surface area contributed by atoms with Gasteiger partial charge in [0.05, 0.1) is 24.1 Å². The number of carboxylic acids is 1. The molecule has 1 aromatic heterocycles. The quantitative estimate of drug-likeness (QED) is 0.318. The summed E-state index contributed by atoms with van der Waals surface area (Å²) >= 11 is 4.63. The van der Waals surface area contributed by atoms with Gasteiger partial charge >= 0.3 is 11.7 Å². The van der Waals surface area contributed by atoms with Crippen LogP contribution in [0, 0.1) is 11.7 Å². The van der Waals surface area contributed by atoms with E-state index in [4.69, 9.17) is 9.84 Å². The lowest BCUT2D eigenvalue weighted by atomic mass is 10.1. The minimum atomic E-state index is -0.853. The van der Waals surface area contributed by atoms with Crippen LogP contribution in [0.15, 0.2) is 63.0 Å². The molecule has 0 aliphatic carbocycles. The maximum absolute atomic E-state index is 14.3. The molecule has 1 N–H and O–H groups in total. The van der Waals surface area contributed by atoms with E-state index >= 15 is 0 Å². The second kappa shape index (κ2) is 10.6. The molecule has 1 unspecified atom stereocenters. The van der Waals surface area contributed by atoms with Gasteiger partial charge in [-0.25, -0.2) is 18.4 Å². The standard InChI is InChI=1S/C21H21BrFN3O4S/c1-14(20(27)28)3-2-10-30-19-9-8-17(11-18(19)23)31-13-26-21(29)25(12-24-26)16-6-4-15(22)5-7-16/h4-9,11-12,14H,2-3,10,13H2,1H3,(H,27,28). The van der Waals surface area contributed by atoms with Crippen molar-refractivity contribution in [1.82, 2.24) is 14.3 Å². The predicted octanol–water partition coefficient (Wildman–Crippen LogP) is 4.57. The molecule has 0 aliphatic rings. The summed E-state index contributed by atoms with van der Waals surface area (Å²) < 4.78 is 23.4. The fraction of sp³-hybridized carbons (Fsp3) is 0.286. The van der Waals surface area contributed by atoms with Gasteiger partial charge in [0.2, 0.25) is 0 Å². The molecule has 7 nitrogen and oxygen atoms in total. The predicted molar refractivity (Wildman–Crippen MR) is 119 cm³/mol. The summed E-state index contributed by atoms with van der Waals surface area (Å²) in [6, 6.07) is 11.9. The summed E-state index contributed by atoms with van der Waals surface area (Å²) in [7, 11) is 0. The number of aromatic nitrogens is 3. The molecular formula is C21H21BrFN3O4S. The average Bonchev–Trinajstić information content (AvgIpc) is 3.11. The SMILES string of the molecule is CC(CCCOc1ccc(SCn2ncn(-c3ccc(Br)cc3)c2=O)cc1F)C(=O)O. The van der Waals surface area contributed by atoms with Crippen LogP contribution in [0.1, 0.15) is 19.8 Å². The van der Waals surface area contributed by atoms with Gasteiger partial charge in [0.1, 0.15) is 6.33 Å². The van der Waals surface area contributed by atoms with E-state index in [-0.39, 0.29) is 23.9 Å². The zero-order valence-corrected chi connectivity index (χ0v) is 19.1. The van der Waals surface area contributed by atoms with E-state index in [0.29, 0.717) is 23.4 Å². The fourth-order valence-corrected chi connectivity index (χ4v) is 3.79. The highest BCUT2D eigenvalue weighted by molar-refractivity contribution is 9.10. The van der Waals surface area contributed by atoms with Crippen LogP contribution in [-0.2, 0) is 10.7 Å². The van der Waals surface area contributed by atoms with Gasteiger partial charge in [-0.1, -0.05) is 22.9 Å². The molecule has 164 valence electrons. The Morgan fingerprint density at radius 2 is 2.03 bits per heavy atom. The topological polar surface area (TPSA) is 86.4 Å². The number of hydrogen-bond donors (Lipinski definition) is 1. The van der Waals surface area contributed by atoms with Gasteiger partial charge in [-0.05, 0) is 55.3 Å². The Hall–Kier alpha value is -2.59. The Bertz CT molecular complexity index is 1100. The summed E-state index contributed by atoms with van der Waals surface area (Å²) in [5.41, 5.74) is 0.417. The van der Waals surface area contributed by atoms with Crippen molar-refractivity contribution in [2.24, 2.45) is 5.92 Å². The molecule has 0 bridgehead atoms. The lowest BCUT2D eigenvalue weighted by molar-refractivity contribution is -0.141. The van der Waals surface area contributed by atoms with Crippen LogP contribution < -0.4 is 10.4 Å². The number of carbonyl (C=O) groups is 1. The molecule has 0 radical (unpaired) electrons. The Balaban J connectivity index is 1.55. The van der Waals surface area contributed by atoms with Crippen molar-refractivity contribution in [1.29, 1.82) is 0 Å². The molecule has 1 heterocycles. The van der Waals surface area contributed by atoms with E-state index in [1.165, 1.54) is 39.5 Å². The zero-order chi connectivity index (χ0) is 22.4. The fourth-order valence-electron chi connectivity index (χ4n) is 2.72. The minimum absolute atomic E-state index is 0.115. The molecule has 3 aromatic rings. The Morgan fingerprint density at radius 3 is 2.71 bits per heavy atom. The maximum atomic E-state index is 14.3. The smallest absolute Gasteiger partial charge is 0.351 e. The molecule has 0 spiro atoms. The van der Waals surface area contributed by atoms with Crippen LogP contribution in [0.3, 0.4) is 0 Å². The van der Waals surface area contributed by atoms with Crippen LogP contribution in [0.25, 0.3) is 5.69 Å². The average molecular weight is 510 g/mol. The van der Waals surface area contributed by atoms with Crippen molar-refractivity contribution in [3.8, 4) is 11.4 Å². The molecule has 10 heteroatoms. The number of benzene rings is 2. The van der Waals surface area contributed by atoms with Crippen molar-refractivity contribution in [2.75, 3.05) is 6.61 Å². The van der Waals surface area contributed by atoms with Crippen LogP contribution in [0.5, 0.6) is 5.75 Å². The Morgan fingerprint density at radius 1 is 1.29 bits per heavy atom. The number of nitrogens with zero attached hydrogens (tertiary/aromatic N) is 3. The molecule has 3 rings (SSSR count). The Kier molecular flexibility index (Phi) is 7.91. The molecule has 31 heavy (non-hydrogen) atoms. The van der Waals surface area contributed by atoms with E-state index < -0.39 is 17.7 Å². The second-order valence-electron chi connectivity index (χ2n) is 6.86. The third-order valence-corrected chi connectivity index (χ3v) is 6.05. The molecule has 0 saturated carbocycles. The van der Waals surface area contributed by atoms with Crippen LogP contribution in [-0.4, -0.2) is 32.0 Å². The van der Waals surface area contributed by atoms with E-state index in [1.807, 2.05) is 12.1 Å². The number of ether oxygens (including phenoxy) is 1. The number of carboxylic acid groups (broad SMARTS) is 1. The highest BCUT2D eigenvalue weighted by Gasteiger charge is 2.12. The number of hydrogen-bond acceptors (Lipinski definition) is 5. The van der Waals surface area contributed by atoms with Crippen molar-refractivity contribution in [3.63, 3.8) is 0 Å². The molecular weight excluding hydrogens is 489 g/mol. The molecule has 2 aromatic carbocycles. The zero-order valence-electron chi connectivity index (χ0n) is 16.7.